The Labute approximate surface area is 235 Å². The van der Waals surface area contributed by atoms with E-state index in [0.717, 1.165) is 11.0 Å². The molecule has 0 bridgehead atoms. The van der Waals surface area contributed by atoms with Crippen molar-refractivity contribution < 1.29 is 43.9 Å². The monoisotopic (exact) mass is 593 g/mol. The number of carboxylic acid groups (broad SMARTS) is 2. The van der Waals surface area contributed by atoms with Crippen molar-refractivity contribution in [2.75, 3.05) is 23.7 Å². The van der Waals surface area contributed by atoms with Gasteiger partial charge in [0.25, 0.3) is 5.60 Å². The van der Waals surface area contributed by atoms with E-state index < -0.39 is 60.5 Å². The Morgan fingerprint density at radius 2 is 1.98 bits per heavy atom. The van der Waals surface area contributed by atoms with Crippen LogP contribution >= 0.6 is 11.6 Å². The third kappa shape index (κ3) is 4.25. The first kappa shape index (κ1) is 27.5. The highest BCUT2D eigenvalue weighted by molar-refractivity contribution is 6.28. The largest absolute Gasteiger partial charge is 0.479 e. The zero-order chi connectivity index (χ0) is 29.3. The number of nitrogens with zero attached hydrogens (tertiary/aromatic N) is 5. The molecule has 4 heterocycles. The second kappa shape index (κ2) is 9.71. The zero-order valence-corrected chi connectivity index (χ0v) is 21.8. The van der Waals surface area contributed by atoms with E-state index in [1.165, 1.54) is 18.5 Å². The predicted octanol–water partition coefficient (Wildman–Crippen LogP) is -0.346. The normalized spacial score (nSPS) is 29.5. The predicted molar refractivity (Wildman–Crippen MR) is 137 cm³/mol. The number of carbonyl (C=O) groups is 2. The topological polar surface area (TPSA) is 218 Å². The molecular formula is C24H25ClFN7O8. The van der Waals surface area contributed by atoms with E-state index in [2.05, 4.69) is 20.3 Å². The van der Waals surface area contributed by atoms with Crippen LogP contribution in [0.25, 0.3) is 11.2 Å². The molecule has 3 fully saturated rings. The molecule has 2 saturated heterocycles. The van der Waals surface area contributed by atoms with Crippen LogP contribution in [0.2, 0.25) is 5.28 Å². The lowest BCUT2D eigenvalue weighted by Crippen LogP contribution is -2.53. The highest BCUT2D eigenvalue weighted by Crippen LogP contribution is 2.58. The molecular weight excluding hydrogens is 569 g/mol. The van der Waals surface area contributed by atoms with Gasteiger partial charge in [-0.2, -0.15) is 9.97 Å². The van der Waals surface area contributed by atoms with Gasteiger partial charge in [-0.15, -0.1) is 0 Å². The number of anilines is 2. The number of hydrogen-bond acceptors (Lipinski definition) is 12. The summed E-state index contributed by atoms with van der Waals surface area (Å²) >= 11 is 5.86. The molecule has 2 aromatic heterocycles. The van der Waals surface area contributed by atoms with Crippen LogP contribution < -0.4 is 16.0 Å². The van der Waals surface area contributed by atoms with Crippen molar-refractivity contribution in [2.24, 2.45) is 0 Å². The number of rotatable bonds is 8. The van der Waals surface area contributed by atoms with Gasteiger partial charge < -0.3 is 40.5 Å². The number of nitrogens with two attached hydrogens (primary N) is 1. The number of imidazole rings is 1. The second-order valence-electron chi connectivity index (χ2n) is 10.1. The number of carboxylic acids is 2. The van der Waals surface area contributed by atoms with Crippen LogP contribution in [0.4, 0.5) is 15.9 Å². The van der Waals surface area contributed by atoms with Gasteiger partial charge in [-0.25, -0.2) is 19.0 Å². The maximum atomic E-state index is 15.7. The van der Waals surface area contributed by atoms with Crippen LogP contribution in [-0.4, -0.2) is 101 Å². The highest BCUT2D eigenvalue weighted by Gasteiger charge is 2.80. The molecule has 6 atom stereocenters. The summed E-state index contributed by atoms with van der Waals surface area (Å²) < 4.78 is 28.0. The maximum Gasteiger partial charge on any atom is 0.348 e. The van der Waals surface area contributed by atoms with Gasteiger partial charge in [-0.1, -0.05) is 12.1 Å². The standard InChI is InChI=1S/C24H25ClFN7O8/c25-21-30-16(27)12-17(31-21)33(9-29-12)18-13(26)24(39)14(40-18)15(24)41-23(19(34)35,20(36)37)8-10-2-4-11(5-3-10)32-7-1-6-28-22(32)38/h2-5,9,13-15,18,22,28,38-39H,1,6-8H2,(H,34,35)(H,36,37)(H2,27,30,31)/t13-,14-,15?,18-,22?,24+/m1/s1. The lowest BCUT2D eigenvalue weighted by atomic mass is 9.93. The number of aliphatic hydroxyl groups is 2. The van der Waals surface area contributed by atoms with E-state index in [4.69, 9.17) is 26.8 Å². The van der Waals surface area contributed by atoms with Crippen molar-refractivity contribution in [3.63, 3.8) is 0 Å². The zero-order valence-electron chi connectivity index (χ0n) is 21.1. The molecule has 0 amide bonds. The van der Waals surface area contributed by atoms with Crippen LogP contribution in [0.3, 0.4) is 0 Å². The molecule has 2 aliphatic heterocycles. The smallest absolute Gasteiger partial charge is 0.348 e. The van der Waals surface area contributed by atoms with Gasteiger partial charge in [-0.3, -0.25) is 9.88 Å². The number of aliphatic carboxylic acids is 2. The van der Waals surface area contributed by atoms with Crippen molar-refractivity contribution in [3.05, 3.63) is 41.4 Å². The fraction of sp³-hybridized carbons (Fsp3) is 0.458. The number of fused-ring (bicyclic) bond motifs is 2. The van der Waals surface area contributed by atoms with Crippen molar-refractivity contribution in [3.8, 4) is 0 Å². The fourth-order valence-electron chi connectivity index (χ4n) is 5.41. The van der Waals surface area contributed by atoms with Gasteiger partial charge in [0.15, 0.2) is 35.8 Å². The number of halogens is 2. The lowest BCUT2D eigenvalue weighted by Gasteiger charge is -2.34. The summed E-state index contributed by atoms with van der Waals surface area (Å²) in [5, 5.41) is 43.9. The summed E-state index contributed by atoms with van der Waals surface area (Å²) in [6.45, 7) is 1.24. The number of aromatic nitrogens is 4. The SMILES string of the molecule is Nc1nc(Cl)nc2c1ncn2[C@@H]1O[C@@H]2C(OC(Cc3ccc(N4CCCNC4O)cc3)(C(=O)O)C(=O)O)[C@]2(O)[C@@H]1F. The van der Waals surface area contributed by atoms with E-state index in [0.29, 0.717) is 18.8 Å². The summed E-state index contributed by atoms with van der Waals surface area (Å²) in [6, 6.07) is 6.25. The van der Waals surface area contributed by atoms with E-state index in [9.17, 15) is 30.0 Å². The van der Waals surface area contributed by atoms with Gasteiger partial charge in [0.1, 0.15) is 17.7 Å². The minimum Gasteiger partial charge on any atom is -0.479 e. The first-order chi connectivity index (χ1) is 19.5. The number of alkyl halides is 1. The molecule has 41 heavy (non-hydrogen) atoms. The molecule has 6 rings (SSSR count). The summed E-state index contributed by atoms with van der Waals surface area (Å²) in [5.41, 5.74) is 1.66. The highest BCUT2D eigenvalue weighted by atomic mass is 35.5. The van der Waals surface area contributed by atoms with E-state index in [1.54, 1.807) is 17.0 Å². The lowest BCUT2D eigenvalue weighted by molar-refractivity contribution is -0.194. The Balaban J connectivity index is 1.22. The quantitative estimate of drug-likeness (QED) is 0.145. The molecule has 3 aliphatic rings. The Kier molecular flexibility index (Phi) is 6.51. The van der Waals surface area contributed by atoms with E-state index in [1.807, 2.05) is 0 Å². The van der Waals surface area contributed by atoms with Crippen molar-refractivity contribution in [2.45, 2.75) is 55.0 Å². The molecule has 1 aliphatic carbocycles. The number of hydrogen-bond donors (Lipinski definition) is 6. The summed E-state index contributed by atoms with van der Waals surface area (Å²) in [7, 11) is 0. The van der Waals surface area contributed by atoms with Gasteiger partial charge in [0.05, 0.1) is 6.33 Å². The average Bonchev–Trinajstić information content (AvgIpc) is 3.17. The van der Waals surface area contributed by atoms with Gasteiger partial charge >= 0.3 is 11.9 Å². The number of nitrogens with one attached hydrogen (secondary N) is 1. The minimum atomic E-state index is -2.87. The summed E-state index contributed by atoms with van der Waals surface area (Å²) in [4.78, 5) is 38.2. The third-order valence-corrected chi connectivity index (χ3v) is 7.86. The van der Waals surface area contributed by atoms with Crippen LogP contribution in [0.1, 0.15) is 18.2 Å². The summed E-state index contributed by atoms with van der Waals surface area (Å²) in [5.74, 6) is -3.73. The average molecular weight is 594 g/mol. The minimum absolute atomic E-state index is 0.0410. The maximum absolute atomic E-state index is 15.7. The number of ether oxygens (including phenoxy) is 2. The van der Waals surface area contributed by atoms with Crippen LogP contribution in [0, 0.1) is 0 Å². The van der Waals surface area contributed by atoms with E-state index >= 15 is 4.39 Å². The molecule has 1 aromatic carbocycles. The number of nitrogen functional groups attached to an aromatic ring is 1. The first-order valence-electron chi connectivity index (χ1n) is 12.6. The van der Waals surface area contributed by atoms with Crippen LogP contribution in [0.5, 0.6) is 0 Å². The molecule has 1 saturated carbocycles. The number of aliphatic hydroxyl groups excluding tert-OH is 1. The Morgan fingerprint density at radius 1 is 1.27 bits per heavy atom. The molecule has 3 aromatic rings. The summed E-state index contributed by atoms with van der Waals surface area (Å²) in [6.07, 6.45) is -6.20. The molecule has 15 nitrogen and oxygen atoms in total. The molecule has 0 radical (unpaired) electrons. The van der Waals surface area contributed by atoms with Crippen molar-refractivity contribution in [1.82, 2.24) is 24.8 Å². The Bertz CT molecular complexity index is 1510. The molecule has 218 valence electrons. The van der Waals surface area contributed by atoms with Gasteiger partial charge in [0.2, 0.25) is 5.28 Å². The molecule has 17 heteroatoms. The fourth-order valence-corrected chi connectivity index (χ4v) is 5.58. The van der Waals surface area contributed by atoms with Crippen LogP contribution in [-0.2, 0) is 25.5 Å². The van der Waals surface area contributed by atoms with Crippen molar-refractivity contribution >= 4 is 46.2 Å². The Morgan fingerprint density at radius 3 is 2.59 bits per heavy atom. The van der Waals surface area contributed by atoms with Crippen LogP contribution in [0.15, 0.2) is 30.6 Å². The third-order valence-electron chi connectivity index (χ3n) is 7.69. The Hall–Kier alpha value is -3.67. The second-order valence-corrected chi connectivity index (χ2v) is 10.5. The van der Waals surface area contributed by atoms with E-state index in [-0.39, 0.29) is 27.8 Å². The molecule has 0 spiro atoms. The van der Waals surface area contributed by atoms with Gasteiger partial charge in [-0.05, 0) is 35.7 Å². The molecule has 2 unspecified atom stereocenters. The van der Waals surface area contributed by atoms with Gasteiger partial charge in [0, 0.05) is 25.2 Å². The molecule has 7 N–H and O–H groups in total. The first-order valence-corrected chi connectivity index (χ1v) is 12.9. The number of benzene rings is 1. The van der Waals surface area contributed by atoms with Crippen molar-refractivity contribution in [1.29, 1.82) is 0 Å².